The van der Waals surface area contributed by atoms with Gasteiger partial charge in [-0.2, -0.15) is 5.10 Å². The van der Waals surface area contributed by atoms with Gasteiger partial charge in [0.2, 0.25) is 0 Å². The summed E-state index contributed by atoms with van der Waals surface area (Å²) >= 11 is 0. The molecule has 1 aromatic heterocycles. The van der Waals surface area contributed by atoms with Crippen molar-refractivity contribution in [2.75, 3.05) is 0 Å². The van der Waals surface area contributed by atoms with E-state index in [1.807, 2.05) is 6.92 Å². The van der Waals surface area contributed by atoms with Crippen LogP contribution in [0, 0.1) is 0 Å². The number of rotatable bonds is 2. The number of aliphatic hydroxyl groups excluding tert-OH is 1. The summed E-state index contributed by atoms with van der Waals surface area (Å²) in [5.41, 5.74) is 0. The van der Waals surface area contributed by atoms with Crippen molar-refractivity contribution >= 4 is 0 Å². The third kappa shape index (κ3) is 1.22. The zero-order valence-corrected chi connectivity index (χ0v) is 7.12. The molecule has 66 valence electrons. The van der Waals surface area contributed by atoms with Crippen molar-refractivity contribution in [2.45, 2.75) is 38.2 Å². The van der Waals surface area contributed by atoms with Crippen molar-refractivity contribution in [2.24, 2.45) is 0 Å². The molecule has 1 aromatic rings. The first-order valence-electron chi connectivity index (χ1n) is 4.38. The van der Waals surface area contributed by atoms with Gasteiger partial charge in [-0.15, -0.1) is 0 Å². The maximum absolute atomic E-state index is 9.08. The van der Waals surface area contributed by atoms with Crippen LogP contribution in [-0.4, -0.2) is 26.4 Å². The monoisotopic (exact) mass is 167 g/mol. The van der Waals surface area contributed by atoms with Crippen molar-refractivity contribution < 1.29 is 5.11 Å². The molecule has 0 spiro atoms. The van der Waals surface area contributed by atoms with E-state index in [-0.39, 0.29) is 6.10 Å². The number of nitrogens with one attached hydrogen (secondary N) is 1. The van der Waals surface area contributed by atoms with Gasteiger partial charge in [0, 0.05) is 12.3 Å². The second kappa shape index (κ2) is 2.86. The lowest BCUT2D eigenvalue weighted by Gasteiger charge is -2.28. The summed E-state index contributed by atoms with van der Waals surface area (Å²) in [6.45, 7) is 2.04. The Bertz CT molecular complexity index is 265. The Hall–Kier alpha value is -0.900. The standard InChI is InChI=1S/C8H13N3O/c1-2-7-9-8(11-10-7)5-3-6(12)4-5/h5-6,12H,2-4H2,1H3,(H,9,10,11). The third-order valence-corrected chi connectivity index (χ3v) is 2.36. The number of aryl methyl sites for hydroxylation is 1. The van der Waals surface area contributed by atoms with E-state index in [0.29, 0.717) is 5.92 Å². The minimum Gasteiger partial charge on any atom is -0.393 e. The maximum Gasteiger partial charge on any atom is 0.153 e. The van der Waals surface area contributed by atoms with Crippen LogP contribution in [0.1, 0.15) is 37.3 Å². The number of nitrogens with zero attached hydrogens (tertiary/aromatic N) is 2. The van der Waals surface area contributed by atoms with Gasteiger partial charge in [0.05, 0.1) is 6.10 Å². The van der Waals surface area contributed by atoms with E-state index in [0.717, 1.165) is 30.9 Å². The number of aromatic nitrogens is 3. The summed E-state index contributed by atoms with van der Waals surface area (Å²) < 4.78 is 0. The quantitative estimate of drug-likeness (QED) is 0.678. The van der Waals surface area contributed by atoms with Crippen molar-refractivity contribution in [1.82, 2.24) is 15.2 Å². The van der Waals surface area contributed by atoms with E-state index in [1.54, 1.807) is 0 Å². The highest BCUT2D eigenvalue weighted by Crippen LogP contribution is 2.34. The van der Waals surface area contributed by atoms with Crippen LogP contribution in [0.4, 0.5) is 0 Å². The topological polar surface area (TPSA) is 61.8 Å². The first-order valence-corrected chi connectivity index (χ1v) is 4.38. The normalized spacial score (nSPS) is 28.5. The van der Waals surface area contributed by atoms with Gasteiger partial charge in [0.25, 0.3) is 0 Å². The van der Waals surface area contributed by atoms with Crippen LogP contribution in [0.2, 0.25) is 0 Å². The molecular weight excluding hydrogens is 154 g/mol. The van der Waals surface area contributed by atoms with Gasteiger partial charge in [-0.3, -0.25) is 5.10 Å². The van der Waals surface area contributed by atoms with Gasteiger partial charge in [0.1, 0.15) is 5.82 Å². The van der Waals surface area contributed by atoms with Gasteiger partial charge in [-0.1, -0.05) is 6.92 Å². The lowest BCUT2D eigenvalue weighted by Crippen LogP contribution is -2.27. The molecule has 0 saturated heterocycles. The van der Waals surface area contributed by atoms with Crippen molar-refractivity contribution in [3.05, 3.63) is 11.6 Å². The summed E-state index contributed by atoms with van der Waals surface area (Å²) in [5, 5.41) is 16.1. The molecule has 0 amide bonds. The summed E-state index contributed by atoms with van der Waals surface area (Å²) in [4.78, 5) is 4.31. The number of hydrogen-bond donors (Lipinski definition) is 2. The van der Waals surface area contributed by atoms with E-state index >= 15 is 0 Å². The number of aromatic amines is 1. The second-order valence-electron chi connectivity index (χ2n) is 3.32. The third-order valence-electron chi connectivity index (χ3n) is 2.36. The Morgan fingerprint density at radius 2 is 2.33 bits per heavy atom. The lowest BCUT2D eigenvalue weighted by molar-refractivity contribution is 0.0718. The number of aliphatic hydroxyl groups is 1. The molecule has 2 N–H and O–H groups in total. The van der Waals surface area contributed by atoms with Crippen LogP contribution in [0.15, 0.2) is 0 Å². The Kier molecular flexibility index (Phi) is 1.84. The molecule has 0 radical (unpaired) electrons. The van der Waals surface area contributed by atoms with Gasteiger partial charge in [-0.05, 0) is 12.8 Å². The van der Waals surface area contributed by atoms with E-state index in [4.69, 9.17) is 5.11 Å². The lowest BCUT2D eigenvalue weighted by atomic mass is 9.82. The van der Waals surface area contributed by atoms with Crippen molar-refractivity contribution in [1.29, 1.82) is 0 Å². The minimum atomic E-state index is -0.126. The summed E-state index contributed by atoms with van der Waals surface area (Å²) in [6.07, 6.45) is 2.41. The molecule has 12 heavy (non-hydrogen) atoms. The second-order valence-corrected chi connectivity index (χ2v) is 3.32. The fourth-order valence-electron chi connectivity index (χ4n) is 1.45. The van der Waals surface area contributed by atoms with Gasteiger partial charge < -0.3 is 5.11 Å². The molecule has 1 saturated carbocycles. The van der Waals surface area contributed by atoms with Crippen LogP contribution < -0.4 is 0 Å². The van der Waals surface area contributed by atoms with E-state index in [1.165, 1.54) is 0 Å². The Morgan fingerprint density at radius 1 is 1.58 bits per heavy atom. The first-order chi connectivity index (χ1) is 5.79. The average molecular weight is 167 g/mol. The predicted molar refractivity (Wildman–Crippen MR) is 43.7 cm³/mol. The fraction of sp³-hybridized carbons (Fsp3) is 0.750. The first kappa shape index (κ1) is 7.73. The predicted octanol–water partition coefficient (Wildman–Crippen LogP) is 0.605. The highest BCUT2D eigenvalue weighted by atomic mass is 16.3. The fourth-order valence-corrected chi connectivity index (χ4v) is 1.45. The molecule has 1 fully saturated rings. The molecule has 4 heteroatoms. The minimum absolute atomic E-state index is 0.126. The van der Waals surface area contributed by atoms with Crippen LogP contribution in [-0.2, 0) is 6.42 Å². The SMILES string of the molecule is CCc1nc(C2CC(O)C2)n[nH]1. The molecule has 0 aliphatic heterocycles. The molecular formula is C8H13N3O. The van der Waals surface area contributed by atoms with Crippen LogP contribution >= 0.6 is 0 Å². The highest BCUT2D eigenvalue weighted by molar-refractivity contribution is 5.04. The van der Waals surface area contributed by atoms with Crippen LogP contribution in [0.5, 0.6) is 0 Å². The molecule has 0 bridgehead atoms. The molecule has 0 unspecified atom stereocenters. The Labute approximate surface area is 71.0 Å². The molecule has 1 aliphatic carbocycles. The Morgan fingerprint density at radius 3 is 2.83 bits per heavy atom. The highest BCUT2D eigenvalue weighted by Gasteiger charge is 2.31. The average Bonchev–Trinajstić information content (AvgIpc) is 2.46. The largest absolute Gasteiger partial charge is 0.393 e. The molecule has 4 nitrogen and oxygen atoms in total. The smallest absolute Gasteiger partial charge is 0.153 e. The molecule has 1 heterocycles. The Balaban J connectivity index is 2.04. The molecule has 1 aliphatic rings. The summed E-state index contributed by atoms with van der Waals surface area (Å²) in [6, 6.07) is 0. The van der Waals surface area contributed by atoms with Crippen LogP contribution in [0.25, 0.3) is 0 Å². The zero-order valence-electron chi connectivity index (χ0n) is 7.12. The molecule has 2 rings (SSSR count). The number of hydrogen-bond acceptors (Lipinski definition) is 3. The van der Waals surface area contributed by atoms with Gasteiger partial charge in [0.15, 0.2) is 5.82 Å². The van der Waals surface area contributed by atoms with Crippen molar-refractivity contribution in [3.63, 3.8) is 0 Å². The summed E-state index contributed by atoms with van der Waals surface area (Å²) in [7, 11) is 0. The number of H-pyrrole nitrogens is 1. The molecule has 0 aromatic carbocycles. The van der Waals surface area contributed by atoms with Crippen LogP contribution in [0.3, 0.4) is 0 Å². The zero-order chi connectivity index (χ0) is 8.55. The van der Waals surface area contributed by atoms with Gasteiger partial charge >= 0.3 is 0 Å². The van der Waals surface area contributed by atoms with E-state index in [2.05, 4.69) is 15.2 Å². The van der Waals surface area contributed by atoms with E-state index in [9.17, 15) is 0 Å². The van der Waals surface area contributed by atoms with Gasteiger partial charge in [-0.25, -0.2) is 4.98 Å². The summed E-state index contributed by atoms with van der Waals surface area (Å²) in [5.74, 6) is 2.19. The maximum atomic E-state index is 9.08. The van der Waals surface area contributed by atoms with Crippen molar-refractivity contribution in [3.8, 4) is 0 Å². The molecule has 0 atom stereocenters. The van der Waals surface area contributed by atoms with E-state index < -0.39 is 0 Å².